The zero-order valence-electron chi connectivity index (χ0n) is 10.7. The van der Waals surface area contributed by atoms with Crippen molar-refractivity contribution in [2.24, 2.45) is 0 Å². The summed E-state index contributed by atoms with van der Waals surface area (Å²) in [5, 5.41) is 0. The second-order valence-corrected chi connectivity index (χ2v) is 4.88. The van der Waals surface area contributed by atoms with Crippen LogP contribution in [-0.4, -0.2) is 41.4 Å². The molecule has 1 unspecified atom stereocenters. The molecule has 1 saturated heterocycles. The van der Waals surface area contributed by atoms with Gasteiger partial charge in [-0.3, -0.25) is 4.79 Å². The Bertz CT molecular complexity index is 290. The van der Waals surface area contributed by atoms with Crippen molar-refractivity contribution in [3.63, 3.8) is 0 Å². The maximum atomic E-state index is 12.1. The van der Waals surface area contributed by atoms with Crippen molar-refractivity contribution in [3.8, 4) is 0 Å². The Hall–Kier alpha value is -0.990. The monoisotopic (exact) mass is 210 g/mol. The average molecular weight is 210 g/mol. The van der Waals surface area contributed by atoms with E-state index in [4.69, 9.17) is 0 Å². The first kappa shape index (κ1) is 12.1. The molecule has 0 aromatic rings. The Labute approximate surface area is 92.7 Å². The van der Waals surface area contributed by atoms with Gasteiger partial charge in [-0.05, 0) is 40.2 Å². The summed E-state index contributed by atoms with van der Waals surface area (Å²) in [5.41, 5.74) is 1.98. The number of hydrogen-bond donors (Lipinski definition) is 0. The van der Waals surface area contributed by atoms with Crippen LogP contribution < -0.4 is 0 Å². The van der Waals surface area contributed by atoms with Gasteiger partial charge in [-0.15, -0.1) is 0 Å². The van der Waals surface area contributed by atoms with Gasteiger partial charge in [-0.25, -0.2) is 0 Å². The second-order valence-electron chi connectivity index (χ2n) is 4.88. The largest absolute Gasteiger partial charge is 0.360 e. The maximum absolute atomic E-state index is 12.1. The van der Waals surface area contributed by atoms with Gasteiger partial charge in [0.1, 0.15) is 5.70 Å². The predicted octanol–water partition coefficient (Wildman–Crippen LogP) is 1.85. The fourth-order valence-corrected chi connectivity index (χ4v) is 2.32. The zero-order valence-corrected chi connectivity index (χ0v) is 10.7. The van der Waals surface area contributed by atoms with Crippen molar-refractivity contribution < 1.29 is 4.79 Å². The molecule has 0 radical (unpaired) electrons. The summed E-state index contributed by atoms with van der Waals surface area (Å²) >= 11 is 0. The van der Waals surface area contributed by atoms with Crippen molar-refractivity contribution in [3.05, 3.63) is 11.3 Å². The van der Waals surface area contributed by atoms with E-state index in [0.29, 0.717) is 12.1 Å². The molecule has 3 heteroatoms. The first-order valence-electron chi connectivity index (χ1n) is 5.57. The molecule has 86 valence electrons. The maximum Gasteiger partial charge on any atom is 0.269 e. The molecule has 0 saturated carbocycles. The number of nitrogens with zero attached hydrogens (tertiary/aromatic N) is 2. The third-order valence-corrected chi connectivity index (χ3v) is 2.85. The molecule has 1 fully saturated rings. The summed E-state index contributed by atoms with van der Waals surface area (Å²) in [6, 6.07) is 0.778. The number of amides is 1. The van der Waals surface area contributed by atoms with Crippen LogP contribution in [0.2, 0.25) is 0 Å². The molecule has 0 bridgehead atoms. The standard InChI is InChI=1S/C12H22N2O/c1-8(2)11-12(15)13(6)7-10(5)14(11)9(3)4/h9-10H,7H2,1-6H3. The Morgan fingerprint density at radius 2 is 1.93 bits per heavy atom. The van der Waals surface area contributed by atoms with Crippen LogP contribution in [0.25, 0.3) is 0 Å². The second kappa shape index (κ2) is 4.25. The van der Waals surface area contributed by atoms with Gasteiger partial charge in [-0.2, -0.15) is 0 Å². The Morgan fingerprint density at radius 3 is 2.33 bits per heavy atom. The van der Waals surface area contributed by atoms with Crippen LogP contribution in [0.5, 0.6) is 0 Å². The highest BCUT2D eigenvalue weighted by atomic mass is 16.2. The molecule has 0 spiro atoms. The summed E-state index contributed by atoms with van der Waals surface area (Å²) in [4.78, 5) is 16.1. The SMILES string of the molecule is CC(C)=C1C(=O)N(C)CC(C)N1C(C)C. The fraction of sp³-hybridized carbons (Fsp3) is 0.750. The molecule has 3 nitrogen and oxygen atoms in total. The Morgan fingerprint density at radius 1 is 1.40 bits per heavy atom. The smallest absolute Gasteiger partial charge is 0.269 e. The molecule has 0 aromatic carbocycles. The lowest BCUT2D eigenvalue weighted by Crippen LogP contribution is -2.54. The third kappa shape index (κ3) is 2.16. The lowest BCUT2D eigenvalue weighted by molar-refractivity contribution is -0.132. The van der Waals surface area contributed by atoms with Gasteiger partial charge in [0.15, 0.2) is 0 Å². The number of carbonyl (C=O) groups excluding carboxylic acids is 1. The first-order chi connectivity index (χ1) is 6.86. The van der Waals surface area contributed by atoms with Gasteiger partial charge in [-0.1, -0.05) is 0 Å². The third-order valence-electron chi connectivity index (χ3n) is 2.85. The fourth-order valence-electron chi connectivity index (χ4n) is 2.32. The molecule has 1 rings (SSSR count). The molecule has 0 N–H and O–H groups in total. The van der Waals surface area contributed by atoms with Crippen LogP contribution in [0.15, 0.2) is 11.3 Å². The van der Waals surface area contributed by atoms with E-state index in [1.165, 1.54) is 0 Å². The highest BCUT2D eigenvalue weighted by Gasteiger charge is 2.33. The van der Waals surface area contributed by atoms with E-state index < -0.39 is 0 Å². The van der Waals surface area contributed by atoms with Crippen molar-refractivity contribution in [2.45, 2.75) is 46.7 Å². The number of rotatable bonds is 1. The topological polar surface area (TPSA) is 23.6 Å². The van der Waals surface area contributed by atoms with E-state index in [1.807, 2.05) is 25.8 Å². The molecule has 1 heterocycles. The van der Waals surface area contributed by atoms with Gasteiger partial charge >= 0.3 is 0 Å². The minimum Gasteiger partial charge on any atom is -0.360 e. The average Bonchev–Trinajstić information content (AvgIpc) is 2.09. The first-order valence-corrected chi connectivity index (χ1v) is 5.57. The van der Waals surface area contributed by atoms with Gasteiger partial charge in [0.2, 0.25) is 0 Å². The Kier molecular flexibility index (Phi) is 3.42. The highest BCUT2D eigenvalue weighted by molar-refractivity contribution is 5.94. The number of piperazine rings is 1. The number of carbonyl (C=O) groups is 1. The molecule has 1 atom stereocenters. The lowest BCUT2D eigenvalue weighted by atomic mass is 10.1. The summed E-state index contributed by atoms with van der Waals surface area (Å²) in [5.74, 6) is 0.154. The van der Waals surface area contributed by atoms with Crippen molar-refractivity contribution >= 4 is 5.91 Å². The quantitative estimate of drug-likeness (QED) is 0.617. The van der Waals surface area contributed by atoms with Crippen LogP contribution in [0.4, 0.5) is 0 Å². The van der Waals surface area contributed by atoms with Crippen molar-refractivity contribution in [2.75, 3.05) is 13.6 Å². The van der Waals surface area contributed by atoms with Gasteiger partial charge in [0, 0.05) is 25.7 Å². The summed E-state index contributed by atoms with van der Waals surface area (Å²) in [6.45, 7) is 11.3. The van der Waals surface area contributed by atoms with Crippen LogP contribution in [0, 0.1) is 0 Å². The van der Waals surface area contributed by atoms with E-state index in [2.05, 4.69) is 25.7 Å². The van der Waals surface area contributed by atoms with Crippen molar-refractivity contribution in [1.82, 2.24) is 9.80 Å². The van der Waals surface area contributed by atoms with Crippen LogP contribution in [0.3, 0.4) is 0 Å². The van der Waals surface area contributed by atoms with E-state index >= 15 is 0 Å². The highest BCUT2D eigenvalue weighted by Crippen LogP contribution is 2.24. The van der Waals surface area contributed by atoms with Crippen LogP contribution >= 0.6 is 0 Å². The lowest BCUT2D eigenvalue weighted by Gasteiger charge is -2.44. The number of allylic oxidation sites excluding steroid dienone is 1. The zero-order chi connectivity index (χ0) is 11.7. The summed E-state index contributed by atoms with van der Waals surface area (Å²) in [6.07, 6.45) is 0. The van der Waals surface area contributed by atoms with E-state index in [1.54, 1.807) is 0 Å². The van der Waals surface area contributed by atoms with Crippen LogP contribution in [-0.2, 0) is 4.79 Å². The molecule has 0 aliphatic carbocycles. The molecule has 1 amide bonds. The molecule has 15 heavy (non-hydrogen) atoms. The van der Waals surface area contributed by atoms with E-state index in [0.717, 1.165) is 17.8 Å². The normalized spacial score (nSPS) is 22.7. The van der Waals surface area contributed by atoms with E-state index in [-0.39, 0.29) is 5.91 Å². The molecule has 0 aromatic heterocycles. The minimum absolute atomic E-state index is 0.154. The van der Waals surface area contributed by atoms with E-state index in [9.17, 15) is 4.79 Å². The van der Waals surface area contributed by atoms with Gasteiger partial charge < -0.3 is 9.80 Å². The molecule has 1 aliphatic heterocycles. The van der Waals surface area contributed by atoms with Crippen molar-refractivity contribution in [1.29, 1.82) is 0 Å². The van der Waals surface area contributed by atoms with Crippen LogP contribution in [0.1, 0.15) is 34.6 Å². The Balaban J connectivity index is 3.13. The molecule has 1 aliphatic rings. The minimum atomic E-state index is 0.154. The summed E-state index contributed by atoms with van der Waals surface area (Å²) in [7, 11) is 1.87. The molecular weight excluding hydrogens is 188 g/mol. The predicted molar refractivity (Wildman–Crippen MR) is 62.4 cm³/mol. The van der Waals surface area contributed by atoms with Gasteiger partial charge in [0.05, 0.1) is 0 Å². The number of likely N-dealkylation sites (N-methyl/N-ethyl adjacent to an activating group) is 1. The summed E-state index contributed by atoms with van der Waals surface area (Å²) < 4.78 is 0. The molecular formula is C12H22N2O. The van der Waals surface area contributed by atoms with Gasteiger partial charge in [0.25, 0.3) is 5.91 Å². The number of hydrogen-bond acceptors (Lipinski definition) is 2.